The smallest absolute Gasteiger partial charge is 0.237 e. The molecular weight excluding hydrogens is 793 g/mol. The number of para-hydroxylation sites is 4. The highest BCUT2D eigenvalue weighted by atomic mass is 32.1. The number of aromatic nitrogens is 8. The summed E-state index contributed by atoms with van der Waals surface area (Å²) in [6, 6.07) is 66.7. The van der Waals surface area contributed by atoms with Crippen LogP contribution in [-0.2, 0) is 0 Å². The van der Waals surface area contributed by atoms with Crippen LogP contribution in [0.4, 0.5) is 0 Å². The van der Waals surface area contributed by atoms with Crippen LogP contribution >= 0.6 is 11.3 Å². The molecule has 0 N–H and O–H groups in total. The van der Waals surface area contributed by atoms with E-state index in [4.69, 9.17) is 19.9 Å². The normalized spacial score (nSPS) is 12.1. The molecule has 0 aliphatic carbocycles. The van der Waals surface area contributed by atoms with Crippen LogP contribution in [0.3, 0.4) is 0 Å². The van der Waals surface area contributed by atoms with E-state index in [0.717, 1.165) is 99.2 Å². The molecule has 294 valence electrons. The average Bonchev–Trinajstić information content (AvgIpc) is 4.15. The van der Waals surface area contributed by atoms with Gasteiger partial charge in [0.05, 0.1) is 60.5 Å². The number of fused-ring (bicyclic) bond motifs is 13. The minimum absolute atomic E-state index is 0.597. The van der Waals surface area contributed by atoms with Crippen LogP contribution in [-0.4, -0.2) is 37.9 Å². The summed E-state index contributed by atoms with van der Waals surface area (Å²) in [6.45, 7) is 0. The SMILES string of the molecule is c1ccc(-c2ccc(-c3cccc(-n4c5ccc(-c6ccc7c(c6)n6c8ccccc8nc6n7-c6ncc7sc8ccccc8c7n6)cc5n5c6ccccc6nc45)c3)cc2)cc1. The van der Waals surface area contributed by atoms with Gasteiger partial charge in [0.25, 0.3) is 0 Å². The van der Waals surface area contributed by atoms with Crippen LogP contribution in [0.15, 0.2) is 194 Å². The zero-order valence-corrected chi connectivity index (χ0v) is 34.3. The van der Waals surface area contributed by atoms with Crippen LogP contribution < -0.4 is 0 Å². The minimum Gasteiger partial charge on any atom is -0.278 e. The first-order valence-corrected chi connectivity index (χ1v) is 21.8. The lowest BCUT2D eigenvalue weighted by molar-refractivity contribution is 0.986. The van der Waals surface area contributed by atoms with E-state index in [1.54, 1.807) is 11.3 Å². The molecule has 0 saturated carbocycles. The van der Waals surface area contributed by atoms with E-state index in [0.29, 0.717) is 5.95 Å². The van der Waals surface area contributed by atoms with E-state index < -0.39 is 0 Å². The predicted molar refractivity (Wildman–Crippen MR) is 257 cm³/mol. The van der Waals surface area contributed by atoms with Crippen LogP contribution in [0.5, 0.6) is 0 Å². The third-order valence-corrected chi connectivity index (χ3v) is 13.6. The molecule has 0 spiro atoms. The number of hydrogen-bond donors (Lipinski definition) is 0. The molecule has 9 heteroatoms. The van der Waals surface area contributed by atoms with Gasteiger partial charge >= 0.3 is 0 Å². The maximum absolute atomic E-state index is 5.24. The first kappa shape index (κ1) is 34.3. The number of thiophene rings is 1. The monoisotopic (exact) mass is 824 g/mol. The van der Waals surface area contributed by atoms with E-state index in [9.17, 15) is 0 Å². The van der Waals surface area contributed by atoms with Gasteiger partial charge in [-0.1, -0.05) is 121 Å². The quantitative estimate of drug-likeness (QED) is 0.173. The second-order valence-electron chi connectivity index (χ2n) is 16.0. The summed E-state index contributed by atoms with van der Waals surface area (Å²) in [4.78, 5) is 20.6. The molecule has 8 nitrogen and oxygen atoms in total. The van der Waals surface area contributed by atoms with Crippen LogP contribution in [0.1, 0.15) is 0 Å². The van der Waals surface area contributed by atoms with Crippen molar-refractivity contribution in [2.24, 2.45) is 0 Å². The summed E-state index contributed by atoms with van der Waals surface area (Å²) < 4.78 is 11.2. The second kappa shape index (κ2) is 13.1. The molecule has 0 bridgehead atoms. The molecule has 8 aromatic carbocycles. The summed E-state index contributed by atoms with van der Waals surface area (Å²) >= 11 is 1.72. The van der Waals surface area contributed by atoms with Crippen molar-refractivity contribution < 1.29 is 0 Å². The lowest BCUT2D eigenvalue weighted by Gasteiger charge is -2.10. The number of benzene rings is 8. The van der Waals surface area contributed by atoms with Crippen molar-refractivity contribution in [2.45, 2.75) is 0 Å². The Hall–Kier alpha value is -8.40. The number of rotatable bonds is 5. The lowest BCUT2D eigenvalue weighted by Crippen LogP contribution is -2.01. The molecule has 14 rings (SSSR count). The molecule has 6 heterocycles. The molecule has 0 amide bonds. The van der Waals surface area contributed by atoms with Crippen LogP contribution in [0, 0.1) is 0 Å². The Morgan fingerprint density at radius 1 is 0.365 bits per heavy atom. The third kappa shape index (κ3) is 5.08. The molecule has 0 fully saturated rings. The topological polar surface area (TPSA) is 70.2 Å². The van der Waals surface area contributed by atoms with Crippen molar-refractivity contribution in [1.29, 1.82) is 0 Å². The van der Waals surface area contributed by atoms with Crippen LogP contribution in [0.2, 0.25) is 0 Å². The van der Waals surface area contributed by atoms with Gasteiger partial charge in [-0.25, -0.2) is 24.5 Å². The fourth-order valence-corrected chi connectivity index (χ4v) is 10.5. The predicted octanol–water partition coefficient (Wildman–Crippen LogP) is 13.3. The molecule has 6 aromatic heterocycles. The molecule has 0 aliphatic rings. The fraction of sp³-hybridized carbons (Fsp3) is 0. The van der Waals surface area contributed by atoms with Gasteiger partial charge in [0.2, 0.25) is 17.5 Å². The fourth-order valence-electron chi connectivity index (χ4n) is 9.53. The largest absolute Gasteiger partial charge is 0.278 e. The van der Waals surface area contributed by atoms with Crippen molar-refractivity contribution in [3.63, 3.8) is 0 Å². The number of nitrogens with zero attached hydrogens (tertiary/aromatic N) is 8. The van der Waals surface area contributed by atoms with Crippen LogP contribution in [0.25, 0.3) is 121 Å². The summed E-state index contributed by atoms with van der Waals surface area (Å²) in [6.07, 6.45) is 1.95. The number of imidazole rings is 4. The summed E-state index contributed by atoms with van der Waals surface area (Å²) in [7, 11) is 0. The van der Waals surface area contributed by atoms with Crippen molar-refractivity contribution >= 4 is 87.3 Å². The minimum atomic E-state index is 0.597. The van der Waals surface area contributed by atoms with Gasteiger partial charge < -0.3 is 0 Å². The van der Waals surface area contributed by atoms with Crippen molar-refractivity contribution in [3.05, 3.63) is 194 Å². The standard InChI is InChI=1S/C54H32N8S/c1-2-11-33(12-3-1)34-21-23-35(24-22-34)36-13-10-14-39(29-36)59-45-27-25-37(30-47(45)60-43-18-7-5-16-41(43)56-53(59)60)38-26-28-46-48(31-38)61-44-19-8-6-17-42(44)57-54(61)62(46)52-55-32-50-51(58-52)40-15-4-9-20-49(40)63-50/h1-32H. The maximum atomic E-state index is 5.24. The van der Waals surface area contributed by atoms with Gasteiger partial charge in [0.1, 0.15) is 0 Å². The molecular formula is C54H32N8S. The first-order chi connectivity index (χ1) is 31.2. The van der Waals surface area contributed by atoms with E-state index >= 15 is 0 Å². The van der Waals surface area contributed by atoms with Gasteiger partial charge in [0, 0.05) is 15.8 Å². The van der Waals surface area contributed by atoms with Gasteiger partial charge in [-0.05, 0) is 100 Å². The maximum Gasteiger partial charge on any atom is 0.237 e. The molecule has 0 aliphatic heterocycles. The molecule has 14 aromatic rings. The molecule has 0 atom stereocenters. The lowest BCUT2D eigenvalue weighted by atomic mass is 10.00. The summed E-state index contributed by atoms with van der Waals surface area (Å²) in [5.74, 6) is 2.24. The highest BCUT2D eigenvalue weighted by Crippen LogP contribution is 2.38. The first-order valence-electron chi connectivity index (χ1n) is 21.0. The van der Waals surface area contributed by atoms with Crippen molar-refractivity contribution in [1.82, 2.24) is 37.9 Å². The Balaban J connectivity index is 0.939. The highest BCUT2D eigenvalue weighted by molar-refractivity contribution is 7.25. The van der Waals surface area contributed by atoms with Gasteiger partial charge in [-0.15, -0.1) is 11.3 Å². The van der Waals surface area contributed by atoms with Gasteiger partial charge in [-0.2, -0.15) is 0 Å². The van der Waals surface area contributed by atoms with Crippen molar-refractivity contribution in [2.75, 3.05) is 0 Å². The number of hydrogen-bond acceptors (Lipinski definition) is 5. The zero-order chi connectivity index (χ0) is 41.2. The molecule has 63 heavy (non-hydrogen) atoms. The third-order valence-electron chi connectivity index (χ3n) is 12.5. The molecule has 0 radical (unpaired) electrons. The van der Waals surface area contributed by atoms with E-state index in [1.165, 1.54) is 15.8 Å². The Bertz CT molecular complexity index is 4150. The molecule has 0 unspecified atom stereocenters. The van der Waals surface area contributed by atoms with Crippen molar-refractivity contribution in [3.8, 4) is 45.0 Å². The Morgan fingerprint density at radius 2 is 0.905 bits per heavy atom. The van der Waals surface area contributed by atoms with E-state index in [2.05, 4.69) is 200 Å². The highest BCUT2D eigenvalue weighted by Gasteiger charge is 2.22. The Labute approximate surface area is 362 Å². The summed E-state index contributed by atoms with van der Waals surface area (Å²) in [5, 5.41) is 1.13. The Kier molecular flexibility index (Phi) is 7.11. The van der Waals surface area contributed by atoms with E-state index in [-0.39, 0.29) is 0 Å². The molecule has 0 saturated heterocycles. The Morgan fingerprint density at radius 3 is 1.62 bits per heavy atom. The van der Waals surface area contributed by atoms with Gasteiger partial charge in [0.15, 0.2) is 0 Å². The zero-order valence-electron chi connectivity index (χ0n) is 33.5. The summed E-state index contributed by atoms with van der Waals surface area (Å²) in [5.41, 5.74) is 17.0. The second-order valence-corrected chi connectivity index (χ2v) is 17.1. The van der Waals surface area contributed by atoms with Gasteiger partial charge in [-0.3, -0.25) is 13.4 Å². The van der Waals surface area contributed by atoms with E-state index in [1.807, 2.05) is 12.3 Å². The average molecular weight is 825 g/mol.